The van der Waals surface area contributed by atoms with Crippen molar-refractivity contribution in [3.05, 3.63) is 33.3 Å². The Labute approximate surface area is 121 Å². The largest absolute Gasteiger partial charge is 0.351 e. The second-order valence-corrected chi connectivity index (χ2v) is 5.75. The first-order chi connectivity index (χ1) is 8.66. The molecule has 0 unspecified atom stereocenters. The number of halogens is 2. The van der Waals surface area contributed by atoms with E-state index in [4.69, 9.17) is 11.6 Å². The zero-order valence-electron chi connectivity index (χ0n) is 10.1. The highest BCUT2D eigenvalue weighted by Gasteiger charge is 2.13. The summed E-state index contributed by atoms with van der Waals surface area (Å²) in [5, 5.41) is 3.38. The predicted octanol–water partition coefficient (Wildman–Crippen LogP) is 2.93. The second kappa shape index (κ2) is 6.55. The van der Waals surface area contributed by atoms with E-state index in [2.05, 4.69) is 26.1 Å². The Hall–Kier alpha value is -0.580. The van der Waals surface area contributed by atoms with Crippen molar-refractivity contribution in [3.8, 4) is 0 Å². The van der Waals surface area contributed by atoms with Crippen LogP contribution in [0.3, 0.4) is 0 Å². The molecule has 98 valence electrons. The fraction of sp³-hybridized carbons (Fsp3) is 0.462. The number of likely N-dealkylation sites (tertiary alicyclic amines) is 1. The summed E-state index contributed by atoms with van der Waals surface area (Å²) in [5.41, 5.74) is 0.529. The van der Waals surface area contributed by atoms with Gasteiger partial charge in [-0.2, -0.15) is 0 Å². The minimum absolute atomic E-state index is 0.105. The van der Waals surface area contributed by atoms with Gasteiger partial charge in [-0.05, 0) is 44.1 Å². The Kier molecular flexibility index (Phi) is 5.03. The Bertz CT molecular complexity index is 433. The summed E-state index contributed by atoms with van der Waals surface area (Å²) in [4.78, 5) is 14.3. The molecule has 1 heterocycles. The van der Waals surface area contributed by atoms with Crippen LogP contribution in [0.2, 0.25) is 5.02 Å². The number of hydrogen-bond donors (Lipinski definition) is 1. The summed E-state index contributed by atoms with van der Waals surface area (Å²) in [6, 6.07) is 5.29. The molecule has 1 fully saturated rings. The maximum Gasteiger partial charge on any atom is 0.252 e. The number of benzene rings is 1. The van der Waals surface area contributed by atoms with Crippen LogP contribution in [0.25, 0.3) is 0 Å². The lowest BCUT2D eigenvalue weighted by molar-refractivity contribution is 0.0950. The van der Waals surface area contributed by atoms with Crippen molar-refractivity contribution in [2.45, 2.75) is 12.8 Å². The predicted molar refractivity (Wildman–Crippen MR) is 77.2 cm³/mol. The standard InChI is InChI=1S/C13H16BrClN2O/c14-10-3-4-11(12(15)9-10)13(18)16-5-8-17-6-1-2-7-17/h3-4,9H,1-2,5-8H2,(H,16,18). The van der Waals surface area contributed by atoms with E-state index >= 15 is 0 Å². The van der Waals surface area contributed by atoms with Crippen molar-refractivity contribution in [2.24, 2.45) is 0 Å². The van der Waals surface area contributed by atoms with E-state index in [9.17, 15) is 4.79 Å². The van der Waals surface area contributed by atoms with E-state index in [0.29, 0.717) is 17.1 Å². The highest BCUT2D eigenvalue weighted by molar-refractivity contribution is 9.10. The molecule has 1 aliphatic heterocycles. The number of rotatable bonds is 4. The summed E-state index contributed by atoms with van der Waals surface area (Å²) in [7, 11) is 0. The zero-order valence-corrected chi connectivity index (χ0v) is 12.4. The summed E-state index contributed by atoms with van der Waals surface area (Å²) in [6.07, 6.45) is 2.54. The zero-order chi connectivity index (χ0) is 13.0. The van der Waals surface area contributed by atoms with Crippen molar-refractivity contribution in [2.75, 3.05) is 26.2 Å². The van der Waals surface area contributed by atoms with Crippen molar-refractivity contribution in [1.29, 1.82) is 0 Å². The summed E-state index contributed by atoms with van der Waals surface area (Å²) >= 11 is 9.35. The smallest absolute Gasteiger partial charge is 0.252 e. The monoisotopic (exact) mass is 330 g/mol. The summed E-state index contributed by atoms with van der Waals surface area (Å²) in [5.74, 6) is -0.105. The molecule has 1 aromatic carbocycles. The van der Waals surface area contributed by atoms with Gasteiger partial charge in [0, 0.05) is 17.6 Å². The Morgan fingerprint density at radius 1 is 1.39 bits per heavy atom. The lowest BCUT2D eigenvalue weighted by Gasteiger charge is -2.14. The van der Waals surface area contributed by atoms with Gasteiger partial charge < -0.3 is 10.2 Å². The summed E-state index contributed by atoms with van der Waals surface area (Å²) in [6.45, 7) is 3.88. The van der Waals surface area contributed by atoms with Gasteiger partial charge in [-0.3, -0.25) is 4.79 Å². The Morgan fingerprint density at radius 2 is 2.11 bits per heavy atom. The molecule has 0 atom stereocenters. The summed E-state index contributed by atoms with van der Waals surface area (Å²) < 4.78 is 0.876. The van der Waals surface area contributed by atoms with Crippen LogP contribution in [-0.2, 0) is 0 Å². The van der Waals surface area contributed by atoms with Crippen LogP contribution in [0, 0.1) is 0 Å². The molecule has 1 amide bonds. The van der Waals surface area contributed by atoms with E-state index < -0.39 is 0 Å². The van der Waals surface area contributed by atoms with Gasteiger partial charge in [0.1, 0.15) is 0 Å². The minimum atomic E-state index is -0.105. The normalized spacial score (nSPS) is 15.9. The van der Waals surface area contributed by atoms with Crippen molar-refractivity contribution < 1.29 is 4.79 Å². The third kappa shape index (κ3) is 3.70. The van der Waals surface area contributed by atoms with Gasteiger partial charge in [0.25, 0.3) is 5.91 Å². The van der Waals surface area contributed by atoms with Crippen molar-refractivity contribution in [3.63, 3.8) is 0 Å². The molecule has 5 heteroatoms. The van der Waals surface area contributed by atoms with Gasteiger partial charge in [-0.25, -0.2) is 0 Å². The lowest BCUT2D eigenvalue weighted by atomic mass is 10.2. The van der Waals surface area contributed by atoms with E-state index in [1.807, 2.05) is 6.07 Å². The molecule has 0 saturated carbocycles. The van der Waals surface area contributed by atoms with Crippen LogP contribution >= 0.6 is 27.5 Å². The average molecular weight is 332 g/mol. The molecule has 0 aromatic heterocycles. The molecule has 1 aliphatic rings. The number of carbonyl (C=O) groups excluding carboxylic acids is 1. The first kappa shape index (κ1) is 13.8. The fourth-order valence-corrected chi connectivity index (χ4v) is 2.86. The van der Waals surface area contributed by atoms with Gasteiger partial charge in [-0.1, -0.05) is 27.5 Å². The van der Waals surface area contributed by atoms with Gasteiger partial charge in [0.15, 0.2) is 0 Å². The number of amides is 1. The highest BCUT2D eigenvalue weighted by atomic mass is 79.9. The molecule has 1 N–H and O–H groups in total. The molecule has 0 bridgehead atoms. The molecule has 0 radical (unpaired) electrons. The number of hydrogen-bond acceptors (Lipinski definition) is 2. The van der Waals surface area contributed by atoms with Crippen molar-refractivity contribution in [1.82, 2.24) is 10.2 Å². The van der Waals surface area contributed by atoms with Crippen LogP contribution in [0.4, 0.5) is 0 Å². The average Bonchev–Trinajstić information content (AvgIpc) is 2.81. The second-order valence-electron chi connectivity index (χ2n) is 4.43. The van der Waals surface area contributed by atoms with E-state index in [1.54, 1.807) is 12.1 Å². The maximum absolute atomic E-state index is 11.9. The van der Waals surface area contributed by atoms with Crippen LogP contribution in [0.5, 0.6) is 0 Å². The topological polar surface area (TPSA) is 32.3 Å². The molecule has 18 heavy (non-hydrogen) atoms. The molecular weight excluding hydrogens is 316 g/mol. The minimum Gasteiger partial charge on any atom is -0.351 e. The lowest BCUT2D eigenvalue weighted by Crippen LogP contribution is -2.33. The van der Waals surface area contributed by atoms with Gasteiger partial charge >= 0.3 is 0 Å². The third-order valence-electron chi connectivity index (χ3n) is 3.09. The number of nitrogens with one attached hydrogen (secondary N) is 1. The first-order valence-electron chi connectivity index (χ1n) is 6.12. The quantitative estimate of drug-likeness (QED) is 0.920. The molecule has 0 spiro atoms. The van der Waals surface area contributed by atoms with Gasteiger partial charge in [0.2, 0.25) is 0 Å². The number of nitrogens with zero attached hydrogens (tertiary/aromatic N) is 1. The molecule has 2 rings (SSSR count). The van der Waals surface area contributed by atoms with Crippen LogP contribution in [0.15, 0.2) is 22.7 Å². The molecule has 0 aliphatic carbocycles. The Balaban J connectivity index is 1.83. The van der Waals surface area contributed by atoms with Crippen LogP contribution in [-0.4, -0.2) is 37.0 Å². The van der Waals surface area contributed by atoms with Crippen LogP contribution < -0.4 is 5.32 Å². The van der Waals surface area contributed by atoms with Gasteiger partial charge in [-0.15, -0.1) is 0 Å². The van der Waals surface area contributed by atoms with E-state index in [-0.39, 0.29) is 5.91 Å². The SMILES string of the molecule is O=C(NCCN1CCCC1)c1ccc(Br)cc1Cl. The van der Waals surface area contributed by atoms with Gasteiger partial charge in [0.05, 0.1) is 10.6 Å². The van der Waals surface area contributed by atoms with E-state index in [1.165, 1.54) is 12.8 Å². The molecule has 1 aromatic rings. The third-order valence-corrected chi connectivity index (χ3v) is 3.89. The molecular formula is C13H16BrClN2O. The molecule has 1 saturated heterocycles. The fourth-order valence-electron chi connectivity index (χ4n) is 2.10. The van der Waals surface area contributed by atoms with E-state index in [0.717, 1.165) is 24.1 Å². The maximum atomic E-state index is 11.9. The number of carbonyl (C=O) groups is 1. The first-order valence-corrected chi connectivity index (χ1v) is 7.29. The van der Waals surface area contributed by atoms with Crippen LogP contribution in [0.1, 0.15) is 23.2 Å². The highest BCUT2D eigenvalue weighted by Crippen LogP contribution is 2.21. The van der Waals surface area contributed by atoms with Crippen molar-refractivity contribution >= 4 is 33.4 Å². The molecule has 3 nitrogen and oxygen atoms in total. The Morgan fingerprint density at radius 3 is 2.78 bits per heavy atom.